The van der Waals surface area contributed by atoms with Crippen LogP contribution in [0.1, 0.15) is 24.8 Å². The highest BCUT2D eigenvalue weighted by atomic mass is 16.6. The van der Waals surface area contributed by atoms with Crippen LogP contribution in [0.4, 0.5) is 28.8 Å². The molecule has 13 nitrogen and oxygen atoms in total. The van der Waals surface area contributed by atoms with E-state index in [1.165, 1.54) is 18.2 Å². The van der Waals surface area contributed by atoms with E-state index in [0.717, 1.165) is 0 Å². The van der Waals surface area contributed by atoms with Crippen molar-refractivity contribution in [1.29, 1.82) is 0 Å². The molecular weight excluding hydrogens is 472 g/mol. The number of ether oxygens (including phenoxy) is 2. The molecule has 0 fully saturated rings. The van der Waals surface area contributed by atoms with Crippen LogP contribution < -0.4 is 31.0 Å². The first kappa shape index (κ1) is 24.2. The van der Waals surface area contributed by atoms with E-state index >= 15 is 0 Å². The molecule has 0 bridgehead atoms. The monoisotopic (exact) mass is 494 g/mol. The number of carbonyl (C=O) groups excluding carboxylic acids is 2. The van der Waals surface area contributed by atoms with Crippen molar-refractivity contribution in [1.82, 2.24) is 9.97 Å². The van der Waals surface area contributed by atoms with Gasteiger partial charge < -0.3 is 25.4 Å². The van der Waals surface area contributed by atoms with E-state index in [2.05, 4.69) is 25.9 Å². The number of anilines is 4. The fraction of sp³-hybridized carbons (Fsp3) is 0.217. The van der Waals surface area contributed by atoms with Crippen molar-refractivity contribution >= 4 is 40.6 Å². The number of hydrogen-bond donors (Lipinski definition) is 4. The zero-order chi connectivity index (χ0) is 25.8. The van der Waals surface area contributed by atoms with Crippen LogP contribution in [-0.4, -0.2) is 40.4 Å². The van der Waals surface area contributed by atoms with Crippen LogP contribution in [0.15, 0.2) is 47.3 Å². The predicted molar refractivity (Wildman–Crippen MR) is 130 cm³/mol. The smallest absolute Gasteiger partial charge is 0.273 e. The maximum absolute atomic E-state index is 13.2. The maximum Gasteiger partial charge on any atom is 0.273 e. The Balaban J connectivity index is 1.62. The van der Waals surface area contributed by atoms with Gasteiger partial charge in [-0.3, -0.25) is 29.5 Å². The van der Waals surface area contributed by atoms with Crippen LogP contribution in [0.5, 0.6) is 11.5 Å². The van der Waals surface area contributed by atoms with Gasteiger partial charge in [0.25, 0.3) is 11.2 Å². The van der Waals surface area contributed by atoms with Crippen LogP contribution in [0.2, 0.25) is 0 Å². The number of aromatic nitrogens is 2. The molecule has 13 heteroatoms. The largest absolute Gasteiger partial charge is 0.497 e. The first-order chi connectivity index (χ1) is 17.3. The molecule has 1 aromatic heterocycles. The second-order valence-corrected chi connectivity index (χ2v) is 7.70. The number of nitro groups is 1. The van der Waals surface area contributed by atoms with Gasteiger partial charge >= 0.3 is 0 Å². The van der Waals surface area contributed by atoms with Gasteiger partial charge in [0.2, 0.25) is 17.8 Å². The number of hydrogen-bond acceptors (Lipinski definition) is 9. The lowest BCUT2D eigenvalue weighted by molar-refractivity contribution is -0.384. The molecule has 36 heavy (non-hydrogen) atoms. The van der Waals surface area contributed by atoms with E-state index < -0.39 is 28.2 Å². The quantitative estimate of drug-likeness (QED) is 0.271. The number of benzene rings is 2. The van der Waals surface area contributed by atoms with Gasteiger partial charge in [-0.15, -0.1) is 0 Å². The highest BCUT2D eigenvalue weighted by molar-refractivity contribution is 6.05. The molecule has 1 aliphatic heterocycles. The number of fused-ring (bicyclic) bond motifs is 1. The van der Waals surface area contributed by atoms with Crippen molar-refractivity contribution in [3.05, 3.63) is 68.5 Å². The van der Waals surface area contributed by atoms with E-state index in [0.29, 0.717) is 11.4 Å². The minimum atomic E-state index is -1.15. The van der Waals surface area contributed by atoms with Crippen molar-refractivity contribution in [3.63, 3.8) is 0 Å². The Kier molecular flexibility index (Phi) is 6.81. The number of nitrogens with one attached hydrogen (secondary N) is 4. The Bertz CT molecular complexity index is 1390. The Morgan fingerprint density at radius 2 is 1.97 bits per heavy atom. The molecule has 0 spiro atoms. The molecule has 0 aliphatic carbocycles. The lowest BCUT2D eigenvalue weighted by atomic mass is 9.92. The minimum absolute atomic E-state index is 0.00717. The van der Waals surface area contributed by atoms with E-state index in [9.17, 15) is 24.5 Å². The molecule has 2 heterocycles. The van der Waals surface area contributed by atoms with Gasteiger partial charge in [0, 0.05) is 18.2 Å². The van der Waals surface area contributed by atoms with Gasteiger partial charge in [0.1, 0.15) is 17.3 Å². The van der Waals surface area contributed by atoms with E-state index in [1.807, 2.05) is 0 Å². The van der Waals surface area contributed by atoms with Gasteiger partial charge in [-0.2, -0.15) is 4.98 Å². The topological polar surface area (TPSA) is 178 Å². The molecule has 0 radical (unpaired) electrons. The van der Waals surface area contributed by atoms with Crippen molar-refractivity contribution in [2.24, 2.45) is 0 Å². The summed E-state index contributed by atoms with van der Waals surface area (Å²) in [5.74, 6) is -1.54. The summed E-state index contributed by atoms with van der Waals surface area (Å²) in [6.45, 7) is 1.89. The molecule has 0 saturated heterocycles. The number of carbonyl (C=O) groups is 2. The van der Waals surface area contributed by atoms with Crippen LogP contribution in [0, 0.1) is 10.1 Å². The second-order valence-electron chi connectivity index (χ2n) is 7.70. The van der Waals surface area contributed by atoms with Gasteiger partial charge in [0.05, 0.1) is 41.9 Å². The third-order valence-electron chi connectivity index (χ3n) is 5.35. The molecular formula is C23H22N6O7. The van der Waals surface area contributed by atoms with Crippen molar-refractivity contribution in [2.75, 3.05) is 29.7 Å². The second kappa shape index (κ2) is 10.1. The molecule has 3 aromatic rings. The van der Waals surface area contributed by atoms with Gasteiger partial charge in [-0.05, 0) is 37.3 Å². The summed E-state index contributed by atoms with van der Waals surface area (Å²) in [5, 5.41) is 19.2. The minimum Gasteiger partial charge on any atom is -0.497 e. The van der Waals surface area contributed by atoms with Crippen LogP contribution in [0.25, 0.3) is 0 Å². The third kappa shape index (κ3) is 5.09. The molecule has 4 rings (SSSR count). The summed E-state index contributed by atoms with van der Waals surface area (Å²) >= 11 is 0. The van der Waals surface area contributed by atoms with Crippen molar-refractivity contribution in [2.45, 2.75) is 19.3 Å². The Labute approximate surface area is 204 Å². The molecule has 2 amide bonds. The summed E-state index contributed by atoms with van der Waals surface area (Å²) < 4.78 is 10.5. The molecule has 1 aliphatic rings. The van der Waals surface area contributed by atoms with Crippen molar-refractivity contribution < 1.29 is 24.0 Å². The number of rotatable bonds is 8. The average molecular weight is 494 g/mol. The highest BCUT2D eigenvalue weighted by Crippen LogP contribution is 2.33. The number of aromatic amines is 1. The first-order valence-electron chi connectivity index (χ1n) is 10.9. The molecule has 186 valence electrons. The maximum atomic E-state index is 13.2. The number of nitro benzene ring substituents is 1. The lowest BCUT2D eigenvalue weighted by Crippen LogP contribution is -2.36. The van der Waals surface area contributed by atoms with Crippen LogP contribution in [-0.2, 0) is 9.59 Å². The van der Waals surface area contributed by atoms with Crippen LogP contribution in [0.3, 0.4) is 0 Å². The molecule has 4 N–H and O–H groups in total. The summed E-state index contributed by atoms with van der Waals surface area (Å²) in [6.07, 6.45) is -0.286. The Morgan fingerprint density at radius 3 is 2.64 bits per heavy atom. The van der Waals surface area contributed by atoms with Crippen LogP contribution >= 0.6 is 0 Å². The molecule has 0 saturated carbocycles. The number of nitrogens with zero attached hydrogens (tertiary/aromatic N) is 2. The van der Waals surface area contributed by atoms with Gasteiger partial charge in [0.15, 0.2) is 0 Å². The summed E-state index contributed by atoms with van der Waals surface area (Å²) in [7, 11) is 1.54. The Hall–Kier alpha value is -4.94. The predicted octanol–water partition coefficient (Wildman–Crippen LogP) is 2.89. The van der Waals surface area contributed by atoms with Gasteiger partial charge in [-0.1, -0.05) is 0 Å². The number of amides is 2. The molecule has 1 unspecified atom stereocenters. The highest BCUT2D eigenvalue weighted by Gasteiger charge is 2.35. The average Bonchev–Trinajstić information content (AvgIpc) is 2.84. The van der Waals surface area contributed by atoms with E-state index in [1.54, 1.807) is 38.3 Å². The van der Waals surface area contributed by atoms with Crippen molar-refractivity contribution in [3.8, 4) is 11.5 Å². The summed E-state index contributed by atoms with van der Waals surface area (Å²) in [5.41, 5.74) is -0.0485. The summed E-state index contributed by atoms with van der Waals surface area (Å²) in [4.78, 5) is 55.8. The Morgan fingerprint density at radius 1 is 1.22 bits per heavy atom. The van der Waals surface area contributed by atoms with Gasteiger partial charge in [-0.25, -0.2) is 0 Å². The number of methoxy groups -OCH3 is 1. The summed E-state index contributed by atoms with van der Waals surface area (Å²) in [6, 6.07) is 10.6. The van der Waals surface area contributed by atoms with E-state index in [-0.39, 0.29) is 47.5 Å². The zero-order valence-electron chi connectivity index (χ0n) is 19.3. The fourth-order valence-electron chi connectivity index (χ4n) is 3.69. The number of H-pyrrole nitrogens is 1. The molecule has 2 aromatic carbocycles. The fourth-order valence-corrected chi connectivity index (χ4v) is 3.69. The number of non-ortho nitro benzene ring substituents is 1. The molecule has 1 atom stereocenters. The third-order valence-corrected chi connectivity index (χ3v) is 5.35. The standard InChI is InChI=1S/C23H22N6O7/c1-3-36-17-10-13(29(33)34)6-9-16(17)25-21(31)15-11-18(30)26-20-19(15)22(32)28-23(27-20)24-12-4-7-14(35-2)8-5-12/h4-10,15H,3,11H2,1-2H3,(H,25,31)(H3,24,26,27,28,30,32). The lowest BCUT2D eigenvalue weighted by Gasteiger charge is -2.24. The first-order valence-corrected chi connectivity index (χ1v) is 10.9. The van der Waals surface area contributed by atoms with E-state index in [4.69, 9.17) is 9.47 Å². The SMILES string of the molecule is CCOc1cc([N+](=O)[O-])ccc1NC(=O)C1CC(=O)Nc2nc(Nc3ccc(OC)cc3)[nH]c(=O)c21. The normalized spacial score (nSPS) is 14.3. The zero-order valence-corrected chi connectivity index (χ0v) is 19.3.